The van der Waals surface area contributed by atoms with E-state index in [0.717, 1.165) is 17.1 Å². The molecule has 4 rings (SSSR count). The van der Waals surface area contributed by atoms with Crippen molar-refractivity contribution in [3.8, 4) is 0 Å². The number of piperidine rings is 1. The maximum absolute atomic E-state index is 12.6. The lowest BCUT2D eigenvalue weighted by Gasteiger charge is -2.31. The molecule has 1 fully saturated rings. The van der Waals surface area contributed by atoms with Gasteiger partial charge in [-0.2, -0.15) is 0 Å². The molecule has 6 nitrogen and oxygen atoms in total. The van der Waals surface area contributed by atoms with Gasteiger partial charge >= 0.3 is 0 Å². The quantitative estimate of drug-likeness (QED) is 0.673. The van der Waals surface area contributed by atoms with Gasteiger partial charge in [-0.1, -0.05) is 18.2 Å². The van der Waals surface area contributed by atoms with E-state index in [1.807, 2.05) is 54.6 Å². The first-order valence-electron chi connectivity index (χ1n) is 9.73. The van der Waals surface area contributed by atoms with Crippen molar-refractivity contribution in [1.82, 2.24) is 4.90 Å². The van der Waals surface area contributed by atoms with Gasteiger partial charge in [0, 0.05) is 36.1 Å². The summed E-state index contributed by atoms with van der Waals surface area (Å²) < 4.78 is 4.98. The van der Waals surface area contributed by atoms with E-state index in [9.17, 15) is 9.59 Å². The average molecular weight is 389 g/mol. The minimum atomic E-state index is -0.0921. The van der Waals surface area contributed by atoms with Crippen LogP contribution in [0.4, 0.5) is 17.1 Å². The minimum absolute atomic E-state index is 0.00387. The maximum atomic E-state index is 12.6. The highest BCUT2D eigenvalue weighted by molar-refractivity contribution is 5.95. The maximum Gasteiger partial charge on any atom is 0.257 e. The zero-order chi connectivity index (χ0) is 20.1. The highest BCUT2D eigenvalue weighted by Crippen LogP contribution is 2.23. The second kappa shape index (κ2) is 8.65. The third-order valence-electron chi connectivity index (χ3n) is 5.14. The molecule has 6 heteroatoms. The highest BCUT2D eigenvalue weighted by atomic mass is 16.3. The van der Waals surface area contributed by atoms with E-state index in [1.165, 1.54) is 12.5 Å². The van der Waals surface area contributed by atoms with Crippen LogP contribution in [0, 0.1) is 5.92 Å². The lowest BCUT2D eigenvalue weighted by molar-refractivity contribution is -0.121. The Balaban J connectivity index is 1.28. The van der Waals surface area contributed by atoms with Crippen LogP contribution in [-0.2, 0) is 4.79 Å². The second-order valence-electron chi connectivity index (χ2n) is 7.14. The van der Waals surface area contributed by atoms with E-state index >= 15 is 0 Å². The van der Waals surface area contributed by atoms with Crippen LogP contribution in [-0.4, -0.2) is 29.8 Å². The normalized spacial score (nSPS) is 14.4. The molecule has 0 aliphatic carbocycles. The van der Waals surface area contributed by atoms with Gasteiger partial charge in [-0.05, 0) is 55.3 Å². The molecule has 1 saturated heterocycles. The molecule has 148 valence electrons. The van der Waals surface area contributed by atoms with Gasteiger partial charge in [-0.15, -0.1) is 0 Å². The van der Waals surface area contributed by atoms with Crippen molar-refractivity contribution in [3.05, 3.63) is 78.8 Å². The third-order valence-corrected chi connectivity index (χ3v) is 5.14. The minimum Gasteiger partial charge on any atom is -0.472 e. The molecule has 0 spiro atoms. The molecule has 2 amide bonds. The van der Waals surface area contributed by atoms with Gasteiger partial charge in [0.25, 0.3) is 5.91 Å². The van der Waals surface area contributed by atoms with Crippen molar-refractivity contribution < 1.29 is 14.0 Å². The van der Waals surface area contributed by atoms with Crippen LogP contribution in [0.2, 0.25) is 0 Å². The average Bonchev–Trinajstić information content (AvgIpc) is 3.30. The van der Waals surface area contributed by atoms with Crippen molar-refractivity contribution >= 4 is 28.9 Å². The Morgan fingerprint density at radius 3 is 2.17 bits per heavy atom. The molecule has 0 unspecified atom stereocenters. The van der Waals surface area contributed by atoms with Crippen LogP contribution in [0.3, 0.4) is 0 Å². The number of likely N-dealkylation sites (tertiary alicyclic amines) is 1. The molecule has 3 aromatic rings. The number of anilines is 3. The van der Waals surface area contributed by atoms with Crippen LogP contribution in [0.15, 0.2) is 77.6 Å². The summed E-state index contributed by atoms with van der Waals surface area (Å²) in [6.07, 6.45) is 4.26. The van der Waals surface area contributed by atoms with Crippen molar-refractivity contribution in [3.63, 3.8) is 0 Å². The Bertz CT molecular complexity index is 945. The second-order valence-corrected chi connectivity index (χ2v) is 7.14. The van der Waals surface area contributed by atoms with Gasteiger partial charge < -0.3 is 20.0 Å². The number of amides is 2. The zero-order valence-corrected chi connectivity index (χ0v) is 16.0. The summed E-state index contributed by atoms with van der Waals surface area (Å²) in [5.74, 6) is -0.131. The van der Waals surface area contributed by atoms with E-state index in [2.05, 4.69) is 10.6 Å². The molecular formula is C23H23N3O3. The molecule has 2 heterocycles. The molecular weight excluding hydrogens is 366 g/mol. The summed E-state index contributed by atoms with van der Waals surface area (Å²) in [4.78, 5) is 26.7. The lowest BCUT2D eigenvalue weighted by Crippen LogP contribution is -2.41. The Kier molecular flexibility index (Phi) is 5.61. The van der Waals surface area contributed by atoms with Gasteiger partial charge in [-0.25, -0.2) is 0 Å². The van der Waals surface area contributed by atoms with Crippen molar-refractivity contribution in [2.24, 2.45) is 5.92 Å². The Labute approximate surface area is 169 Å². The summed E-state index contributed by atoms with van der Waals surface area (Å²) in [5.41, 5.74) is 3.30. The highest BCUT2D eigenvalue weighted by Gasteiger charge is 2.28. The molecule has 0 saturated carbocycles. The Morgan fingerprint density at radius 2 is 1.52 bits per heavy atom. The Hall–Kier alpha value is -3.54. The first kappa shape index (κ1) is 18.8. The van der Waals surface area contributed by atoms with Crippen LogP contribution < -0.4 is 10.6 Å². The molecule has 2 aromatic carbocycles. The van der Waals surface area contributed by atoms with Crippen molar-refractivity contribution in [1.29, 1.82) is 0 Å². The van der Waals surface area contributed by atoms with E-state index in [1.54, 1.807) is 11.0 Å². The number of benzene rings is 2. The van der Waals surface area contributed by atoms with Crippen LogP contribution >= 0.6 is 0 Å². The number of carbonyl (C=O) groups excluding carboxylic acids is 2. The zero-order valence-electron chi connectivity index (χ0n) is 16.0. The molecule has 2 N–H and O–H groups in total. The third kappa shape index (κ3) is 4.66. The number of furan rings is 1. The monoisotopic (exact) mass is 389 g/mol. The topological polar surface area (TPSA) is 74.6 Å². The Morgan fingerprint density at radius 1 is 0.862 bits per heavy atom. The van der Waals surface area contributed by atoms with E-state index in [-0.39, 0.29) is 17.7 Å². The van der Waals surface area contributed by atoms with Crippen molar-refractivity contribution in [2.75, 3.05) is 23.7 Å². The van der Waals surface area contributed by atoms with Gasteiger partial charge in [0.15, 0.2) is 0 Å². The number of carbonyl (C=O) groups is 2. The summed E-state index contributed by atoms with van der Waals surface area (Å²) in [5, 5.41) is 6.31. The van der Waals surface area contributed by atoms with E-state index in [4.69, 9.17) is 4.42 Å². The SMILES string of the molecule is O=C(Nc1ccc(Nc2ccccc2)cc1)C1CCN(C(=O)c2ccoc2)CC1. The number of nitrogens with one attached hydrogen (secondary N) is 2. The van der Waals surface area contributed by atoms with Gasteiger partial charge in [-0.3, -0.25) is 9.59 Å². The number of hydrogen-bond donors (Lipinski definition) is 2. The van der Waals surface area contributed by atoms with Gasteiger partial charge in [0.2, 0.25) is 5.91 Å². The molecule has 0 bridgehead atoms. The predicted molar refractivity (Wildman–Crippen MR) is 112 cm³/mol. The molecule has 1 aromatic heterocycles. The standard InChI is InChI=1S/C23H23N3O3/c27-22(17-10-13-26(14-11-17)23(28)18-12-15-29-16-18)25-21-8-6-20(7-9-21)24-19-4-2-1-3-5-19/h1-9,12,15-17,24H,10-11,13-14H2,(H,25,27). The molecule has 1 aliphatic heterocycles. The van der Waals surface area contributed by atoms with Crippen molar-refractivity contribution in [2.45, 2.75) is 12.8 Å². The molecule has 29 heavy (non-hydrogen) atoms. The van der Waals surface area contributed by atoms with Gasteiger partial charge in [0.05, 0.1) is 11.8 Å². The molecule has 0 radical (unpaired) electrons. The lowest BCUT2D eigenvalue weighted by atomic mass is 9.95. The number of rotatable bonds is 5. The number of para-hydroxylation sites is 1. The number of nitrogens with zero attached hydrogens (tertiary/aromatic N) is 1. The fourth-order valence-electron chi connectivity index (χ4n) is 3.48. The fraction of sp³-hybridized carbons (Fsp3) is 0.217. The predicted octanol–water partition coefficient (Wildman–Crippen LogP) is 4.51. The first-order valence-corrected chi connectivity index (χ1v) is 9.73. The first-order chi connectivity index (χ1) is 14.2. The largest absolute Gasteiger partial charge is 0.472 e. The van der Waals surface area contributed by atoms with Gasteiger partial charge in [0.1, 0.15) is 6.26 Å². The summed E-state index contributed by atoms with van der Waals surface area (Å²) in [6.45, 7) is 1.14. The van der Waals surface area contributed by atoms with E-state index in [0.29, 0.717) is 31.5 Å². The smallest absolute Gasteiger partial charge is 0.257 e. The van der Waals surface area contributed by atoms with Crippen LogP contribution in [0.1, 0.15) is 23.2 Å². The summed E-state index contributed by atoms with van der Waals surface area (Å²) in [7, 11) is 0. The summed E-state index contributed by atoms with van der Waals surface area (Å²) in [6, 6.07) is 19.2. The van der Waals surface area contributed by atoms with Crippen LogP contribution in [0.5, 0.6) is 0 Å². The van der Waals surface area contributed by atoms with Crippen LogP contribution in [0.25, 0.3) is 0 Å². The fourth-order valence-corrected chi connectivity index (χ4v) is 3.48. The summed E-state index contributed by atoms with van der Waals surface area (Å²) >= 11 is 0. The molecule has 1 aliphatic rings. The molecule has 0 atom stereocenters. The van der Waals surface area contributed by atoms with E-state index < -0.39 is 0 Å². The number of hydrogen-bond acceptors (Lipinski definition) is 4.